The molecule has 0 fully saturated rings. The summed E-state index contributed by atoms with van der Waals surface area (Å²) in [7, 11) is -4.06. The highest BCUT2D eigenvalue weighted by atomic mass is 32.2. The largest absolute Gasteiger partial charge is 0.332 e. The number of nitrogens with one attached hydrogen (secondary N) is 3. The summed E-state index contributed by atoms with van der Waals surface area (Å²) in [5.41, 5.74) is 2.74. The van der Waals surface area contributed by atoms with Gasteiger partial charge in [0.05, 0.1) is 4.90 Å². The Kier molecular flexibility index (Phi) is 7.01. The maximum Gasteiger partial charge on any atom is 0.265 e. The fourth-order valence-electron chi connectivity index (χ4n) is 2.94. The van der Waals surface area contributed by atoms with Gasteiger partial charge >= 0.3 is 0 Å². The third-order valence-corrected chi connectivity index (χ3v) is 6.21. The summed E-state index contributed by atoms with van der Waals surface area (Å²) in [5.74, 6) is -1.05. The minimum atomic E-state index is -4.06. The molecular formula is C23H21N3O4S2. The summed E-state index contributed by atoms with van der Waals surface area (Å²) in [6, 6.07) is 19.5. The van der Waals surface area contributed by atoms with Gasteiger partial charge in [-0.25, -0.2) is 13.1 Å². The van der Waals surface area contributed by atoms with E-state index in [-0.39, 0.29) is 21.5 Å². The Morgan fingerprint density at radius 2 is 1.25 bits per heavy atom. The highest BCUT2D eigenvalue weighted by molar-refractivity contribution is 7.90. The Balaban J connectivity index is 1.64. The molecule has 32 heavy (non-hydrogen) atoms. The third kappa shape index (κ3) is 5.57. The summed E-state index contributed by atoms with van der Waals surface area (Å²) < 4.78 is 27.2. The van der Waals surface area contributed by atoms with E-state index in [1.807, 2.05) is 19.1 Å². The predicted octanol–water partition coefficient (Wildman–Crippen LogP) is 3.55. The van der Waals surface area contributed by atoms with E-state index in [2.05, 4.69) is 15.4 Å². The van der Waals surface area contributed by atoms with Crippen molar-refractivity contribution >= 4 is 44.9 Å². The molecule has 164 valence electrons. The second-order valence-electron chi connectivity index (χ2n) is 7.00. The van der Waals surface area contributed by atoms with Crippen LogP contribution in [0.4, 0.5) is 5.69 Å². The first-order valence-electron chi connectivity index (χ1n) is 9.58. The molecule has 0 aliphatic carbocycles. The van der Waals surface area contributed by atoms with E-state index in [4.69, 9.17) is 12.2 Å². The smallest absolute Gasteiger partial charge is 0.265 e. The number of amides is 2. The molecule has 0 saturated heterocycles. The van der Waals surface area contributed by atoms with Crippen molar-refractivity contribution in [3.8, 4) is 0 Å². The second-order valence-corrected chi connectivity index (χ2v) is 9.09. The summed E-state index contributed by atoms with van der Waals surface area (Å²) in [5, 5.41) is 5.49. The molecule has 0 unspecified atom stereocenters. The van der Waals surface area contributed by atoms with E-state index < -0.39 is 15.9 Å². The zero-order chi connectivity index (χ0) is 23.3. The number of carbonyl (C=O) groups is 2. The van der Waals surface area contributed by atoms with Crippen molar-refractivity contribution < 1.29 is 18.0 Å². The molecule has 9 heteroatoms. The van der Waals surface area contributed by atoms with E-state index in [0.717, 1.165) is 5.56 Å². The summed E-state index contributed by atoms with van der Waals surface area (Å²) in [4.78, 5) is 24.6. The lowest BCUT2D eigenvalue weighted by Crippen LogP contribution is -2.34. The molecule has 3 aromatic carbocycles. The molecule has 0 aliphatic heterocycles. The van der Waals surface area contributed by atoms with Crippen LogP contribution in [0.5, 0.6) is 0 Å². The molecule has 3 N–H and O–H groups in total. The molecule has 0 aliphatic rings. The number of benzene rings is 3. The van der Waals surface area contributed by atoms with Crippen LogP contribution in [-0.2, 0) is 10.0 Å². The van der Waals surface area contributed by atoms with Gasteiger partial charge < -0.3 is 5.32 Å². The van der Waals surface area contributed by atoms with Crippen LogP contribution in [0.2, 0.25) is 0 Å². The van der Waals surface area contributed by atoms with Crippen molar-refractivity contribution in [3.63, 3.8) is 0 Å². The van der Waals surface area contributed by atoms with Gasteiger partial charge in [0.2, 0.25) is 0 Å². The minimum absolute atomic E-state index is 0.0710. The van der Waals surface area contributed by atoms with Crippen LogP contribution in [0, 0.1) is 13.8 Å². The second kappa shape index (κ2) is 9.71. The number of anilines is 1. The number of hydrogen-bond donors (Lipinski definition) is 3. The lowest BCUT2D eigenvalue weighted by atomic mass is 10.1. The standard InChI is InChI=1S/C23H21N3O4S2/c1-15-7-3-5-9-19(15)21(27)25-23(31)24-17-11-13-18(14-12-17)32(29,30)26-22(28)20-10-6-4-8-16(20)2/h3-14H,1-2H3,(H,26,28)(H2,24,25,27,31). The van der Waals surface area contributed by atoms with Crippen LogP contribution in [-0.4, -0.2) is 25.3 Å². The van der Waals surface area contributed by atoms with Gasteiger partial charge in [-0.3, -0.25) is 14.9 Å². The number of carbonyl (C=O) groups excluding carboxylic acids is 2. The summed E-state index contributed by atoms with van der Waals surface area (Å²) >= 11 is 5.17. The van der Waals surface area contributed by atoms with Crippen LogP contribution in [0.3, 0.4) is 0 Å². The minimum Gasteiger partial charge on any atom is -0.332 e. The number of sulfonamides is 1. The van der Waals surface area contributed by atoms with Gasteiger partial charge in [-0.1, -0.05) is 36.4 Å². The number of rotatable bonds is 5. The van der Waals surface area contributed by atoms with Crippen molar-refractivity contribution in [2.75, 3.05) is 5.32 Å². The Labute approximate surface area is 191 Å². The highest BCUT2D eigenvalue weighted by Crippen LogP contribution is 2.15. The van der Waals surface area contributed by atoms with E-state index in [1.54, 1.807) is 43.3 Å². The molecule has 0 bridgehead atoms. The summed E-state index contributed by atoms with van der Waals surface area (Å²) in [6.45, 7) is 3.55. The fraction of sp³-hybridized carbons (Fsp3) is 0.0870. The van der Waals surface area contributed by atoms with Crippen LogP contribution in [0.1, 0.15) is 31.8 Å². The molecule has 3 aromatic rings. The monoisotopic (exact) mass is 467 g/mol. The highest BCUT2D eigenvalue weighted by Gasteiger charge is 2.19. The number of aryl methyl sites for hydroxylation is 2. The molecule has 0 heterocycles. The van der Waals surface area contributed by atoms with Crippen molar-refractivity contribution in [2.24, 2.45) is 0 Å². The molecule has 0 spiro atoms. The predicted molar refractivity (Wildman–Crippen MR) is 127 cm³/mol. The van der Waals surface area contributed by atoms with E-state index in [0.29, 0.717) is 16.8 Å². The normalized spacial score (nSPS) is 10.8. The maximum atomic E-state index is 12.6. The zero-order valence-corrected chi connectivity index (χ0v) is 19.0. The van der Waals surface area contributed by atoms with Crippen molar-refractivity contribution in [1.82, 2.24) is 10.0 Å². The fourth-order valence-corrected chi connectivity index (χ4v) is 4.12. The van der Waals surface area contributed by atoms with Crippen LogP contribution >= 0.6 is 12.2 Å². The van der Waals surface area contributed by atoms with Crippen molar-refractivity contribution in [2.45, 2.75) is 18.7 Å². The Morgan fingerprint density at radius 1 is 0.750 bits per heavy atom. The maximum absolute atomic E-state index is 12.6. The topological polar surface area (TPSA) is 104 Å². The first kappa shape index (κ1) is 23.1. The number of hydrogen-bond acceptors (Lipinski definition) is 5. The zero-order valence-electron chi connectivity index (χ0n) is 17.4. The van der Waals surface area contributed by atoms with Crippen LogP contribution < -0.4 is 15.4 Å². The van der Waals surface area contributed by atoms with Crippen molar-refractivity contribution in [3.05, 3.63) is 95.1 Å². The molecule has 2 amide bonds. The van der Waals surface area contributed by atoms with Gasteiger partial charge in [0.1, 0.15) is 0 Å². The van der Waals surface area contributed by atoms with E-state index >= 15 is 0 Å². The average Bonchev–Trinajstić information content (AvgIpc) is 2.74. The van der Waals surface area contributed by atoms with E-state index in [9.17, 15) is 18.0 Å². The molecule has 0 saturated carbocycles. The van der Waals surface area contributed by atoms with Gasteiger partial charge in [0, 0.05) is 16.8 Å². The first-order chi connectivity index (χ1) is 15.2. The van der Waals surface area contributed by atoms with Crippen LogP contribution in [0.25, 0.3) is 0 Å². The van der Waals surface area contributed by atoms with Gasteiger partial charge in [-0.15, -0.1) is 0 Å². The molecular weight excluding hydrogens is 446 g/mol. The Bertz CT molecular complexity index is 1290. The van der Waals surface area contributed by atoms with Crippen LogP contribution in [0.15, 0.2) is 77.7 Å². The molecule has 3 rings (SSSR count). The molecule has 0 radical (unpaired) electrons. The SMILES string of the molecule is Cc1ccccc1C(=O)NC(=S)Nc1ccc(S(=O)(=O)NC(=O)c2ccccc2C)cc1. The van der Waals surface area contributed by atoms with E-state index in [1.165, 1.54) is 24.3 Å². The average molecular weight is 468 g/mol. The molecule has 7 nitrogen and oxygen atoms in total. The quantitative estimate of drug-likeness (QED) is 0.496. The number of thiocarbonyl (C=S) groups is 1. The molecule has 0 atom stereocenters. The van der Waals surface area contributed by atoms with Gasteiger partial charge in [0.25, 0.3) is 21.8 Å². The van der Waals surface area contributed by atoms with Gasteiger partial charge in [0.15, 0.2) is 5.11 Å². The molecule has 0 aromatic heterocycles. The van der Waals surface area contributed by atoms with Gasteiger partial charge in [-0.05, 0) is 73.6 Å². The Hall–Kier alpha value is -3.56. The lowest BCUT2D eigenvalue weighted by Gasteiger charge is -2.12. The lowest BCUT2D eigenvalue weighted by molar-refractivity contribution is 0.0970. The third-order valence-electron chi connectivity index (χ3n) is 4.66. The first-order valence-corrected chi connectivity index (χ1v) is 11.5. The van der Waals surface area contributed by atoms with Gasteiger partial charge in [-0.2, -0.15) is 0 Å². The Morgan fingerprint density at radius 3 is 1.78 bits per heavy atom. The summed E-state index contributed by atoms with van der Waals surface area (Å²) in [6.07, 6.45) is 0. The van der Waals surface area contributed by atoms with Crippen molar-refractivity contribution in [1.29, 1.82) is 0 Å².